The van der Waals surface area contributed by atoms with Crippen molar-refractivity contribution in [1.29, 1.82) is 0 Å². The van der Waals surface area contributed by atoms with Gasteiger partial charge in [-0.25, -0.2) is 0 Å². The normalized spacial score (nSPS) is 10.6. The molecule has 0 amide bonds. The Balaban J connectivity index is 0.00000169. The highest BCUT2D eigenvalue weighted by Crippen LogP contribution is 2.31. The molecular formula is C8H10ClF3N2. The van der Waals surface area contributed by atoms with Gasteiger partial charge in [0.15, 0.2) is 0 Å². The molecule has 0 aliphatic carbocycles. The third kappa shape index (κ3) is 2.78. The minimum absolute atomic E-state index is 0. The summed E-state index contributed by atoms with van der Waals surface area (Å²) in [5.74, 6) is 5.05. The van der Waals surface area contributed by atoms with Crippen LogP contribution in [0, 0.1) is 6.92 Å². The first-order chi connectivity index (χ1) is 5.95. The number of anilines is 1. The van der Waals surface area contributed by atoms with Gasteiger partial charge in [0, 0.05) is 0 Å². The molecule has 0 aromatic heterocycles. The fourth-order valence-electron chi connectivity index (χ4n) is 0.954. The first-order valence-corrected chi connectivity index (χ1v) is 3.59. The zero-order valence-corrected chi connectivity index (χ0v) is 8.17. The summed E-state index contributed by atoms with van der Waals surface area (Å²) < 4.78 is 36.5. The average Bonchev–Trinajstić information content (AvgIpc) is 2.03. The molecule has 80 valence electrons. The molecule has 0 bridgehead atoms. The second-order valence-corrected chi connectivity index (χ2v) is 2.67. The van der Waals surface area contributed by atoms with Crippen molar-refractivity contribution in [3.05, 3.63) is 29.3 Å². The minimum Gasteiger partial charge on any atom is -0.324 e. The Bertz CT molecular complexity index is 312. The molecule has 0 radical (unpaired) electrons. The Morgan fingerprint density at radius 1 is 1.29 bits per heavy atom. The van der Waals surface area contributed by atoms with Gasteiger partial charge in [0.05, 0.1) is 11.3 Å². The van der Waals surface area contributed by atoms with Crippen LogP contribution in [0.25, 0.3) is 0 Å². The van der Waals surface area contributed by atoms with Gasteiger partial charge in [-0.05, 0) is 24.6 Å². The Morgan fingerprint density at radius 3 is 2.29 bits per heavy atom. The fraction of sp³-hybridized carbons (Fsp3) is 0.250. The number of rotatable bonds is 1. The summed E-state index contributed by atoms with van der Waals surface area (Å²) in [4.78, 5) is 0. The molecule has 0 aliphatic rings. The molecule has 14 heavy (non-hydrogen) atoms. The average molecular weight is 227 g/mol. The summed E-state index contributed by atoms with van der Waals surface area (Å²) in [6.45, 7) is 1.68. The van der Waals surface area contributed by atoms with Gasteiger partial charge in [-0.1, -0.05) is 6.07 Å². The largest absolute Gasteiger partial charge is 0.416 e. The predicted molar refractivity (Wildman–Crippen MR) is 51.2 cm³/mol. The van der Waals surface area contributed by atoms with Crippen LogP contribution in [0.4, 0.5) is 18.9 Å². The van der Waals surface area contributed by atoms with E-state index in [9.17, 15) is 13.2 Å². The third-order valence-electron chi connectivity index (χ3n) is 1.72. The van der Waals surface area contributed by atoms with Gasteiger partial charge >= 0.3 is 6.18 Å². The number of alkyl halides is 3. The van der Waals surface area contributed by atoms with Gasteiger partial charge in [0.25, 0.3) is 0 Å². The van der Waals surface area contributed by atoms with Gasteiger partial charge in [0.2, 0.25) is 0 Å². The molecule has 0 fully saturated rings. The van der Waals surface area contributed by atoms with E-state index in [1.54, 1.807) is 6.92 Å². The summed E-state index contributed by atoms with van der Waals surface area (Å²) in [6, 6.07) is 3.38. The van der Waals surface area contributed by atoms with Crippen molar-refractivity contribution in [3.63, 3.8) is 0 Å². The van der Waals surface area contributed by atoms with Crippen LogP contribution in [0.2, 0.25) is 0 Å². The molecule has 0 atom stereocenters. The molecular weight excluding hydrogens is 217 g/mol. The Hall–Kier alpha value is -0.940. The van der Waals surface area contributed by atoms with Gasteiger partial charge in [-0.15, -0.1) is 12.4 Å². The first kappa shape index (κ1) is 13.1. The van der Waals surface area contributed by atoms with Crippen LogP contribution in [-0.4, -0.2) is 0 Å². The highest BCUT2D eigenvalue weighted by Gasteiger charge is 2.30. The quantitative estimate of drug-likeness (QED) is 0.571. The van der Waals surface area contributed by atoms with E-state index in [1.165, 1.54) is 6.07 Å². The Morgan fingerprint density at radius 2 is 1.86 bits per heavy atom. The van der Waals surface area contributed by atoms with Crippen molar-refractivity contribution in [3.8, 4) is 0 Å². The van der Waals surface area contributed by atoms with E-state index in [0.717, 1.165) is 12.1 Å². The molecule has 6 heteroatoms. The summed E-state index contributed by atoms with van der Waals surface area (Å²) in [5, 5.41) is 0. The van der Waals surface area contributed by atoms with Crippen LogP contribution >= 0.6 is 12.4 Å². The van der Waals surface area contributed by atoms with E-state index in [-0.39, 0.29) is 18.1 Å². The highest BCUT2D eigenvalue weighted by atomic mass is 35.5. The van der Waals surface area contributed by atoms with Crippen molar-refractivity contribution in [2.24, 2.45) is 5.84 Å². The molecule has 0 saturated heterocycles. The Kier molecular flexibility index (Phi) is 4.22. The topological polar surface area (TPSA) is 38.0 Å². The third-order valence-corrected chi connectivity index (χ3v) is 1.72. The zero-order chi connectivity index (χ0) is 10.1. The number of hydrazine groups is 1. The minimum atomic E-state index is -4.32. The first-order valence-electron chi connectivity index (χ1n) is 3.59. The molecule has 0 heterocycles. The summed E-state index contributed by atoms with van der Waals surface area (Å²) in [7, 11) is 0. The number of nitrogens with one attached hydrogen (secondary N) is 1. The molecule has 1 rings (SSSR count). The van der Waals surface area contributed by atoms with Crippen molar-refractivity contribution in [1.82, 2.24) is 0 Å². The number of halogens is 4. The number of benzene rings is 1. The lowest BCUT2D eigenvalue weighted by atomic mass is 10.1. The monoisotopic (exact) mass is 226 g/mol. The second-order valence-electron chi connectivity index (χ2n) is 2.67. The SMILES string of the molecule is Cc1ccc(C(F)(F)F)cc1NN.Cl. The maximum Gasteiger partial charge on any atom is 0.416 e. The van der Waals surface area contributed by atoms with E-state index in [0.29, 0.717) is 5.56 Å². The van der Waals surface area contributed by atoms with Crippen LogP contribution in [-0.2, 0) is 6.18 Å². The molecule has 2 nitrogen and oxygen atoms in total. The lowest BCUT2D eigenvalue weighted by Gasteiger charge is -2.10. The van der Waals surface area contributed by atoms with Crippen molar-refractivity contribution >= 4 is 18.1 Å². The molecule has 0 unspecified atom stereocenters. The van der Waals surface area contributed by atoms with E-state index < -0.39 is 11.7 Å². The van der Waals surface area contributed by atoms with Gasteiger partial charge in [-0.2, -0.15) is 13.2 Å². The number of hydrogen-bond donors (Lipinski definition) is 2. The summed E-state index contributed by atoms with van der Waals surface area (Å²) in [5.41, 5.74) is 2.47. The number of nitrogen functional groups attached to an aromatic ring is 1. The van der Waals surface area contributed by atoms with Gasteiger partial charge in [-0.3, -0.25) is 5.84 Å². The van der Waals surface area contributed by atoms with Gasteiger partial charge in [0.1, 0.15) is 0 Å². The van der Waals surface area contributed by atoms with Crippen LogP contribution in [0.3, 0.4) is 0 Å². The smallest absolute Gasteiger partial charge is 0.324 e. The van der Waals surface area contributed by atoms with Crippen LogP contribution in [0.1, 0.15) is 11.1 Å². The second kappa shape index (κ2) is 4.52. The summed E-state index contributed by atoms with van der Waals surface area (Å²) >= 11 is 0. The molecule has 0 saturated carbocycles. The standard InChI is InChI=1S/C8H9F3N2.ClH/c1-5-2-3-6(8(9,10)11)4-7(5)13-12;/h2-4,13H,12H2,1H3;1H. The van der Waals surface area contributed by atoms with E-state index in [2.05, 4.69) is 5.43 Å². The molecule has 1 aromatic rings. The lowest BCUT2D eigenvalue weighted by molar-refractivity contribution is -0.137. The van der Waals surface area contributed by atoms with Gasteiger partial charge < -0.3 is 5.43 Å². The molecule has 3 N–H and O–H groups in total. The van der Waals surface area contributed by atoms with Crippen LogP contribution in [0.15, 0.2) is 18.2 Å². The van der Waals surface area contributed by atoms with Crippen molar-refractivity contribution < 1.29 is 13.2 Å². The maximum atomic E-state index is 12.2. The molecule has 0 aliphatic heterocycles. The highest BCUT2D eigenvalue weighted by molar-refractivity contribution is 5.85. The summed E-state index contributed by atoms with van der Waals surface area (Å²) in [6.07, 6.45) is -4.32. The Labute approximate surface area is 85.7 Å². The van der Waals surface area contributed by atoms with Crippen molar-refractivity contribution in [2.45, 2.75) is 13.1 Å². The predicted octanol–water partition coefficient (Wildman–Crippen LogP) is 2.72. The maximum absolute atomic E-state index is 12.2. The van der Waals surface area contributed by atoms with Crippen LogP contribution < -0.4 is 11.3 Å². The number of nitrogens with two attached hydrogens (primary N) is 1. The van der Waals surface area contributed by atoms with E-state index >= 15 is 0 Å². The number of aryl methyl sites for hydroxylation is 1. The van der Waals surface area contributed by atoms with E-state index in [1.807, 2.05) is 0 Å². The molecule has 0 spiro atoms. The fourth-order valence-corrected chi connectivity index (χ4v) is 0.954. The lowest BCUT2D eigenvalue weighted by Crippen LogP contribution is -2.11. The van der Waals surface area contributed by atoms with Crippen molar-refractivity contribution in [2.75, 3.05) is 5.43 Å². The molecule has 1 aromatic carbocycles. The van der Waals surface area contributed by atoms with E-state index in [4.69, 9.17) is 5.84 Å². The van der Waals surface area contributed by atoms with Crippen LogP contribution in [0.5, 0.6) is 0 Å². The number of hydrogen-bond acceptors (Lipinski definition) is 2. The zero-order valence-electron chi connectivity index (χ0n) is 7.35.